The number of aromatic amines is 1. The predicted molar refractivity (Wildman–Crippen MR) is 135 cm³/mol. The summed E-state index contributed by atoms with van der Waals surface area (Å²) in [5.74, 6) is 2.18. The topological polar surface area (TPSA) is 105 Å². The van der Waals surface area contributed by atoms with Crippen LogP contribution in [0, 0.1) is 6.92 Å². The first-order chi connectivity index (χ1) is 16.9. The summed E-state index contributed by atoms with van der Waals surface area (Å²) >= 11 is 0. The number of hydrogen-bond donors (Lipinski definition) is 3. The number of para-hydroxylation sites is 2. The quantitative estimate of drug-likeness (QED) is 0.306. The molecule has 1 atom stereocenters. The van der Waals surface area contributed by atoms with Gasteiger partial charge >= 0.3 is 0 Å². The highest BCUT2D eigenvalue weighted by Gasteiger charge is 2.21. The first-order valence-electron chi connectivity index (χ1n) is 11.5. The molecule has 0 saturated heterocycles. The number of amides is 1. The van der Waals surface area contributed by atoms with Gasteiger partial charge in [-0.25, -0.2) is 9.97 Å². The number of aryl methyl sites for hydroxylation is 2. The van der Waals surface area contributed by atoms with Crippen molar-refractivity contribution >= 4 is 28.0 Å². The van der Waals surface area contributed by atoms with Crippen LogP contribution in [0.3, 0.4) is 0 Å². The maximum atomic E-state index is 12.7. The zero-order chi connectivity index (χ0) is 24.5. The van der Waals surface area contributed by atoms with Crippen molar-refractivity contribution in [2.45, 2.75) is 19.8 Å². The van der Waals surface area contributed by atoms with Gasteiger partial charge < -0.3 is 24.7 Å². The van der Waals surface area contributed by atoms with Crippen molar-refractivity contribution in [2.75, 3.05) is 13.2 Å². The first-order valence-corrected chi connectivity index (χ1v) is 11.5. The normalized spacial score (nSPS) is 12.2. The highest BCUT2D eigenvalue weighted by Crippen LogP contribution is 2.29. The van der Waals surface area contributed by atoms with E-state index in [9.17, 15) is 9.90 Å². The van der Waals surface area contributed by atoms with Crippen molar-refractivity contribution in [3.63, 3.8) is 0 Å². The molecule has 0 aliphatic heterocycles. The average Bonchev–Trinajstić information content (AvgIpc) is 3.44. The molecule has 5 rings (SSSR count). The summed E-state index contributed by atoms with van der Waals surface area (Å²) in [7, 11) is 1.93. The van der Waals surface area contributed by atoms with E-state index in [1.54, 1.807) is 18.2 Å². The number of aromatic nitrogens is 4. The molecular weight excluding hydrogens is 442 g/mol. The lowest BCUT2D eigenvalue weighted by Gasteiger charge is -2.10. The van der Waals surface area contributed by atoms with E-state index in [1.165, 1.54) is 0 Å². The Labute approximate surface area is 202 Å². The first kappa shape index (κ1) is 22.5. The van der Waals surface area contributed by atoms with E-state index >= 15 is 0 Å². The standard InChI is InChI=1S/C27H27N5O3/c1-16-7-4-5-10-23(16)35-14-13-28-27(34)18-11-12-19-21(15-18)32(3)26(30-19)17(2)25-29-20-8-6-9-22(33)24(20)31-25/h4-12,15,17,33H,13-14H2,1-3H3,(H,28,34)(H,29,31). The summed E-state index contributed by atoms with van der Waals surface area (Å²) in [5.41, 5.74) is 4.59. The third kappa shape index (κ3) is 4.30. The van der Waals surface area contributed by atoms with Gasteiger partial charge in [0.25, 0.3) is 5.91 Å². The summed E-state index contributed by atoms with van der Waals surface area (Å²) in [4.78, 5) is 25.4. The molecule has 2 heterocycles. The second-order valence-corrected chi connectivity index (χ2v) is 8.62. The number of benzene rings is 3. The Hall–Kier alpha value is -4.33. The fourth-order valence-corrected chi connectivity index (χ4v) is 4.25. The molecule has 5 aromatic rings. The monoisotopic (exact) mass is 469 g/mol. The number of rotatable bonds is 7. The number of nitrogens with one attached hydrogen (secondary N) is 2. The number of H-pyrrole nitrogens is 1. The van der Waals surface area contributed by atoms with Crippen LogP contribution < -0.4 is 10.1 Å². The van der Waals surface area contributed by atoms with Gasteiger partial charge in [0.2, 0.25) is 0 Å². The molecule has 178 valence electrons. The van der Waals surface area contributed by atoms with Crippen molar-refractivity contribution < 1.29 is 14.6 Å². The number of aromatic hydroxyl groups is 1. The Morgan fingerprint density at radius 3 is 2.77 bits per heavy atom. The van der Waals surface area contributed by atoms with Crippen LogP contribution in [0.1, 0.15) is 40.4 Å². The van der Waals surface area contributed by atoms with Crippen molar-refractivity contribution in [1.29, 1.82) is 0 Å². The van der Waals surface area contributed by atoms with E-state index in [-0.39, 0.29) is 17.6 Å². The fourth-order valence-electron chi connectivity index (χ4n) is 4.25. The number of nitrogens with zero attached hydrogens (tertiary/aromatic N) is 3. The summed E-state index contributed by atoms with van der Waals surface area (Å²) in [6.07, 6.45) is 0. The number of ether oxygens (including phenoxy) is 1. The van der Waals surface area contributed by atoms with Gasteiger partial charge in [0.15, 0.2) is 0 Å². The van der Waals surface area contributed by atoms with E-state index in [1.807, 2.05) is 67.9 Å². The second kappa shape index (κ2) is 9.13. The number of phenols is 1. The molecule has 0 radical (unpaired) electrons. The lowest BCUT2D eigenvalue weighted by atomic mass is 10.1. The van der Waals surface area contributed by atoms with Crippen LogP contribution in [0.15, 0.2) is 60.7 Å². The Bertz CT molecular complexity index is 1530. The summed E-state index contributed by atoms with van der Waals surface area (Å²) in [6, 6.07) is 18.6. The van der Waals surface area contributed by atoms with Crippen LogP contribution in [0.25, 0.3) is 22.1 Å². The molecule has 2 aromatic heterocycles. The van der Waals surface area contributed by atoms with Gasteiger partial charge in [-0.2, -0.15) is 0 Å². The molecule has 3 aromatic carbocycles. The number of fused-ring (bicyclic) bond motifs is 2. The van der Waals surface area contributed by atoms with Crippen molar-refractivity contribution in [2.24, 2.45) is 7.05 Å². The maximum Gasteiger partial charge on any atom is 0.251 e. The van der Waals surface area contributed by atoms with Crippen LogP contribution in [-0.4, -0.2) is 43.7 Å². The lowest BCUT2D eigenvalue weighted by Crippen LogP contribution is -2.28. The van der Waals surface area contributed by atoms with Crippen LogP contribution in [-0.2, 0) is 7.05 Å². The van der Waals surface area contributed by atoms with Crippen molar-refractivity contribution in [3.05, 3.63) is 83.4 Å². The third-order valence-electron chi connectivity index (χ3n) is 6.22. The zero-order valence-electron chi connectivity index (χ0n) is 19.9. The Morgan fingerprint density at radius 1 is 1.14 bits per heavy atom. The Kier molecular flexibility index (Phi) is 5.86. The van der Waals surface area contributed by atoms with E-state index in [0.29, 0.717) is 30.1 Å². The zero-order valence-corrected chi connectivity index (χ0v) is 19.9. The van der Waals surface area contributed by atoms with Gasteiger partial charge in [-0.3, -0.25) is 4.79 Å². The summed E-state index contributed by atoms with van der Waals surface area (Å²) < 4.78 is 7.74. The van der Waals surface area contributed by atoms with Crippen molar-refractivity contribution in [1.82, 2.24) is 24.8 Å². The fraction of sp³-hybridized carbons (Fsp3) is 0.222. The van der Waals surface area contributed by atoms with E-state index in [2.05, 4.69) is 15.3 Å². The highest BCUT2D eigenvalue weighted by molar-refractivity contribution is 5.97. The summed E-state index contributed by atoms with van der Waals surface area (Å²) in [6.45, 7) is 4.79. The summed E-state index contributed by atoms with van der Waals surface area (Å²) in [5, 5.41) is 13.0. The Balaban J connectivity index is 1.31. The van der Waals surface area contributed by atoms with Gasteiger partial charge in [-0.1, -0.05) is 24.3 Å². The minimum atomic E-state index is -0.163. The number of phenolic OH excluding ortho intramolecular Hbond substituents is 1. The molecule has 0 bridgehead atoms. The molecule has 8 heteroatoms. The minimum absolute atomic E-state index is 0.141. The molecule has 8 nitrogen and oxygen atoms in total. The SMILES string of the molecule is Cc1ccccc1OCCNC(=O)c1ccc2nc(C(C)c3nc4c(O)cccc4[nH]3)n(C)c2c1. The molecule has 0 fully saturated rings. The van der Waals surface area contributed by atoms with Gasteiger partial charge in [0, 0.05) is 12.6 Å². The Morgan fingerprint density at radius 2 is 1.97 bits per heavy atom. The average molecular weight is 470 g/mol. The molecule has 1 amide bonds. The van der Waals surface area contributed by atoms with E-state index in [4.69, 9.17) is 9.72 Å². The molecular formula is C27H27N5O3. The van der Waals surface area contributed by atoms with Crippen LogP contribution >= 0.6 is 0 Å². The molecule has 0 spiro atoms. The molecule has 0 saturated carbocycles. The highest BCUT2D eigenvalue weighted by atomic mass is 16.5. The number of carbonyl (C=O) groups excluding carboxylic acids is 1. The second-order valence-electron chi connectivity index (χ2n) is 8.62. The van der Waals surface area contributed by atoms with Gasteiger partial charge in [-0.05, 0) is 55.8 Å². The van der Waals surface area contributed by atoms with Gasteiger partial charge in [0.05, 0.1) is 29.0 Å². The molecule has 35 heavy (non-hydrogen) atoms. The van der Waals surface area contributed by atoms with E-state index in [0.717, 1.165) is 33.7 Å². The van der Waals surface area contributed by atoms with Crippen LogP contribution in [0.2, 0.25) is 0 Å². The molecule has 3 N–H and O–H groups in total. The lowest BCUT2D eigenvalue weighted by molar-refractivity contribution is 0.0947. The van der Waals surface area contributed by atoms with Crippen LogP contribution in [0.4, 0.5) is 0 Å². The molecule has 0 aliphatic rings. The minimum Gasteiger partial charge on any atom is -0.506 e. The predicted octanol–water partition coefficient (Wildman–Crippen LogP) is 4.42. The van der Waals surface area contributed by atoms with Gasteiger partial charge in [0.1, 0.15) is 35.3 Å². The smallest absolute Gasteiger partial charge is 0.251 e. The van der Waals surface area contributed by atoms with Gasteiger partial charge in [-0.15, -0.1) is 0 Å². The maximum absolute atomic E-state index is 12.7. The number of imidazole rings is 2. The number of carbonyl (C=O) groups is 1. The van der Waals surface area contributed by atoms with Crippen LogP contribution in [0.5, 0.6) is 11.5 Å². The van der Waals surface area contributed by atoms with Crippen molar-refractivity contribution in [3.8, 4) is 11.5 Å². The number of hydrogen-bond acceptors (Lipinski definition) is 5. The third-order valence-corrected chi connectivity index (χ3v) is 6.22. The molecule has 0 aliphatic carbocycles. The molecule has 1 unspecified atom stereocenters. The van der Waals surface area contributed by atoms with E-state index < -0.39 is 0 Å². The largest absolute Gasteiger partial charge is 0.506 e.